The number of pyridine rings is 1. The summed E-state index contributed by atoms with van der Waals surface area (Å²) in [6.45, 7) is 0. The van der Waals surface area contributed by atoms with E-state index in [9.17, 15) is 18.0 Å². The Labute approximate surface area is 159 Å². The van der Waals surface area contributed by atoms with E-state index in [0.717, 1.165) is 17.8 Å². The fraction of sp³-hybridized carbons (Fsp3) is 0.100. The Balaban J connectivity index is 1.83. The molecule has 0 fully saturated rings. The molecular formula is C20H16F3N3O2. The number of carbonyl (C=O) groups excluding carboxylic acids is 1. The summed E-state index contributed by atoms with van der Waals surface area (Å²) >= 11 is 0. The van der Waals surface area contributed by atoms with Crippen molar-refractivity contribution in [2.24, 2.45) is 0 Å². The predicted molar refractivity (Wildman–Crippen MR) is 99.8 cm³/mol. The van der Waals surface area contributed by atoms with Crippen molar-refractivity contribution < 1.29 is 22.7 Å². The van der Waals surface area contributed by atoms with E-state index in [1.807, 2.05) is 4.90 Å². The van der Waals surface area contributed by atoms with Gasteiger partial charge in [0.1, 0.15) is 5.75 Å². The number of carbonyl (C=O) groups is 1. The van der Waals surface area contributed by atoms with E-state index in [1.54, 1.807) is 55.8 Å². The molecule has 1 aromatic heterocycles. The molecule has 3 rings (SSSR count). The number of amides is 1. The lowest BCUT2D eigenvalue weighted by atomic mass is 10.1. The van der Waals surface area contributed by atoms with Gasteiger partial charge in [-0.3, -0.25) is 9.78 Å². The van der Waals surface area contributed by atoms with Crippen LogP contribution < -0.4 is 15.0 Å². The van der Waals surface area contributed by atoms with Gasteiger partial charge in [-0.1, -0.05) is 18.2 Å². The van der Waals surface area contributed by atoms with E-state index in [4.69, 9.17) is 0 Å². The summed E-state index contributed by atoms with van der Waals surface area (Å²) in [5.41, 5.74) is 2.02. The first kappa shape index (κ1) is 19.2. The summed E-state index contributed by atoms with van der Waals surface area (Å²) in [6.07, 6.45) is -1.52. The maximum absolute atomic E-state index is 12.8. The Hall–Kier alpha value is -3.55. The number of hydrogen-bond donors (Lipinski definition) is 1. The summed E-state index contributed by atoms with van der Waals surface area (Å²) in [6, 6.07) is 15.6. The van der Waals surface area contributed by atoms with E-state index in [0.29, 0.717) is 11.3 Å². The number of aromatic nitrogens is 1. The quantitative estimate of drug-likeness (QED) is 0.669. The van der Waals surface area contributed by atoms with Crippen molar-refractivity contribution in [3.05, 3.63) is 78.6 Å². The van der Waals surface area contributed by atoms with Gasteiger partial charge in [0.2, 0.25) is 0 Å². The Morgan fingerprint density at radius 3 is 2.46 bits per heavy atom. The topological polar surface area (TPSA) is 54.5 Å². The lowest BCUT2D eigenvalue weighted by Gasteiger charge is -2.22. The first-order valence-corrected chi connectivity index (χ1v) is 8.23. The van der Waals surface area contributed by atoms with Gasteiger partial charge in [-0.15, -0.1) is 13.2 Å². The molecule has 0 saturated heterocycles. The van der Waals surface area contributed by atoms with Crippen LogP contribution in [0.4, 0.5) is 30.2 Å². The summed E-state index contributed by atoms with van der Waals surface area (Å²) < 4.78 is 41.0. The van der Waals surface area contributed by atoms with Gasteiger partial charge in [-0.05, 0) is 36.4 Å². The molecule has 0 spiro atoms. The number of benzene rings is 2. The predicted octanol–water partition coefficient (Wildman–Crippen LogP) is 5.00. The normalized spacial score (nSPS) is 11.0. The van der Waals surface area contributed by atoms with Crippen molar-refractivity contribution in [2.75, 3.05) is 17.3 Å². The molecule has 8 heteroatoms. The third-order valence-corrected chi connectivity index (χ3v) is 3.89. The third-order valence-electron chi connectivity index (χ3n) is 3.89. The molecule has 28 heavy (non-hydrogen) atoms. The number of rotatable bonds is 5. The molecule has 0 aliphatic rings. The van der Waals surface area contributed by atoms with Gasteiger partial charge in [0.15, 0.2) is 0 Å². The van der Waals surface area contributed by atoms with Gasteiger partial charge in [-0.2, -0.15) is 0 Å². The number of ether oxygens (including phenoxy) is 1. The maximum atomic E-state index is 12.8. The van der Waals surface area contributed by atoms with Crippen LogP contribution in [0.3, 0.4) is 0 Å². The fourth-order valence-electron chi connectivity index (χ4n) is 2.63. The molecular weight excluding hydrogens is 371 g/mol. The molecule has 0 aliphatic heterocycles. The van der Waals surface area contributed by atoms with Crippen LogP contribution in [0, 0.1) is 0 Å². The average molecular weight is 387 g/mol. The molecule has 0 saturated carbocycles. The smallest absolute Gasteiger partial charge is 0.406 e. The van der Waals surface area contributed by atoms with Crippen LogP contribution in [0.2, 0.25) is 0 Å². The van der Waals surface area contributed by atoms with Crippen LogP contribution in [0.25, 0.3) is 0 Å². The number of nitrogens with one attached hydrogen (secondary N) is 1. The van der Waals surface area contributed by atoms with E-state index in [1.165, 1.54) is 12.1 Å². The molecule has 0 bridgehead atoms. The van der Waals surface area contributed by atoms with Gasteiger partial charge >= 0.3 is 6.36 Å². The molecule has 144 valence electrons. The largest absolute Gasteiger partial charge is 0.573 e. The van der Waals surface area contributed by atoms with E-state index < -0.39 is 18.0 Å². The van der Waals surface area contributed by atoms with Crippen molar-refractivity contribution >= 4 is 23.0 Å². The van der Waals surface area contributed by atoms with Crippen LogP contribution >= 0.6 is 0 Å². The molecule has 0 unspecified atom stereocenters. The lowest BCUT2D eigenvalue weighted by Crippen LogP contribution is -2.19. The van der Waals surface area contributed by atoms with Crippen LogP contribution in [-0.4, -0.2) is 24.3 Å². The van der Waals surface area contributed by atoms with E-state index >= 15 is 0 Å². The summed E-state index contributed by atoms with van der Waals surface area (Å²) in [4.78, 5) is 18.5. The molecule has 1 amide bonds. The number of nitrogens with zero attached hydrogens (tertiary/aromatic N) is 2. The zero-order valence-electron chi connectivity index (χ0n) is 14.8. The second kappa shape index (κ2) is 7.99. The summed E-state index contributed by atoms with van der Waals surface area (Å²) in [7, 11) is 1.80. The highest BCUT2D eigenvalue weighted by Gasteiger charge is 2.31. The molecule has 1 N–H and O–H groups in total. The number of hydrogen-bond acceptors (Lipinski definition) is 4. The minimum atomic E-state index is -4.80. The maximum Gasteiger partial charge on any atom is 0.573 e. The molecule has 5 nitrogen and oxygen atoms in total. The van der Waals surface area contributed by atoms with Crippen molar-refractivity contribution in [3.8, 4) is 5.75 Å². The first-order chi connectivity index (χ1) is 13.3. The lowest BCUT2D eigenvalue weighted by molar-refractivity contribution is -0.274. The van der Waals surface area contributed by atoms with Crippen molar-refractivity contribution in [2.45, 2.75) is 6.36 Å². The molecule has 3 aromatic rings. The highest BCUT2D eigenvalue weighted by atomic mass is 19.4. The van der Waals surface area contributed by atoms with Crippen molar-refractivity contribution in [3.63, 3.8) is 0 Å². The fourth-order valence-corrected chi connectivity index (χ4v) is 2.63. The Morgan fingerprint density at radius 2 is 1.75 bits per heavy atom. The molecule has 0 aliphatic carbocycles. The molecule has 1 heterocycles. The monoisotopic (exact) mass is 387 g/mol. The van der Waals surface area contributed by atoms with E-state index in [-0.39, 0.29) is 5.69 Å². The number of anilines is 3. The van der Waals surface area contributed by atoms with Crippen LogP contribution in [0.5, 0.6) is 5.75 Å². The number of halogens is 3. The Kier molecular flexibility index (Phi) is 5.49. The highest BCUT2D eigenvalue weighted by Crippen LogP contribution is 2.28. The second-order valence-electron chi connectivity index (χ2n) is 5.81. The van der Waals surface area contributed by atoms with Crippen LogP contribution in [-0.2, 0) is 0 Å². The van der Waals surface area contributed by atoms with E-state index in [2.05, 4.69) is 15.0 Å². The molecule has 2 aromatic carbocycles. The summed E-state index contributed by atoms with van der Waals surface area (Å²) in [5, 5.41) is 2.61. The van der Waals surface area contributed by atoms with Gasteiger partial charge < -0.3 is 15.0 Å². The zero-order valence-corrected chi connectivity index (χ0v) is 14.8. The molecule has 0 atom stereocenters. The third kappa shape index (κ3) is 4.79. The summed E-state index contributed by atoms with van der Waals surface area (Å²) in [5.74, 6) is -0.867. The SMILES string of the molecule is CN(c1ccncc1)c1ccccc1C(=O)Nc1cccc(OC(F)(F)F)c1. The number of alkyl halides is 3. The zero-order chi connectivity index (χ0) is 20.1. The Morgan fingerprint density at radius 1 is 1.04 bits per heavy atom. The van der Waals surface area contributed by atoms with Crippen molar-refractivity contribution in [1.82, 2.24) is 4.98 Å². The van der Waals surface area contributed by atoms with Gasteiger partial charge in [0.05, 0.1) is 11.3 Å². The van der Waals surface area contributed by atoms with Gasteiger partial charge in [0, 0.05) is 36.9 Å². The van der Waals surface area contributed by atoms with Gasteiger partial charge in [0.25, 0.3) is 5.91 Å². The second-order valence-corrected chi connectivity index (χ2v) is 5.81. The highest BCUT2D eigenvalue weighted by molar-refractivity contribution is 6.08. The first-order valence-electron chi connectivity index (χ1n) is 8.23. The standard InChI is InChI=1S/C20H16F3N3O2/c1-26(15-9-11-24-12-10-15)18-8-3-2-7-17(18)19(27)25-14-5-4-6-16(13-14)28-20(21,22)23/h2-13H,1H3,(H,25,27). The number of para-hydroxylation sites is 1. The molecule has 0 radical (unpaired) electrons. The Bertz CT molecular complexity index is 962. The minimum absolute atomic E-state index is 0.188. The average Bonchev–Trinajstić information content (AvgIpc) is 2.67. The van der Waals surface area contributed by atoms with Crippen molar-refractivity contribution in [1.29, 1.82) is 0 Å². The minimum Gasteiger partial charge on any atom is -0.406 e. The van der Waals surface area contributed by atoms with Crippen LogP contribution in [0.1, 0.15) is 10.4 Å². The van der Waals surface area contributed by atoms with Crippen LogP contribution in [0.15, 0.2) is 73.1 Å². The van der Waals surface area contributed by atoms with Gasteiger partial charge in [-0.25, -0.2) is 0 Å².